The van der Waals surface area contributed by atoms with Crippen molar-refractivity contribution in [2.24, 2.45) is 0 Å². The zero-order chi connectivity index (χ0) is 19.8. The van der Waals surface area contributed by atoms with E-state index in [0.29, 0.717) is 12.4 Å². The van der Waals surface area contributed by atoms with Crippen molar-refractivity contribution in [1.29, 1.82) is 0 Å². The summed E-state index contributed by atoms with van der Waals surface area (Å²) in [6.07, 6.45) is 7.08. The molecule has 2 N–H and O–H groups in total. The molecule has 2 amide bonds. The Bertz CT molecular complexity index is 971. The maximum absolute atomic E-state index is 11.8. The number of hydrogen-bond donors (Lipinski definition) is 2. The minimum atomic E-state index is -0.549. The predicted molar refractivity (Wildman–Crippen MR) is 104 cm³/mol. The maximum atomic E-state index is 11.8. The Morgan fingerprint density at radius 3 is 2.68 bits per heavy atom. The smallest absolute Gasteiger partial charge is 0.289 e. The van der Waals surface area contributed by atoms with Crippen LogP contribution in [0.1, 0.15) is 26.8 Å². The van der Waals surface area contributed by atoms with Gasteiger partial charge in [0, 0.05) is 23.8 Å². The van der Waals surface area contributed by atoms with E-state index in [-0.39, 0.29) is 5.69 Å². The highest BCUT2D eigenvalue weighted by molar-refractivity contribution is 7.09. The van der Waals surface area contributed by atoms with Gasteiger partial charge in [-0.3, -0.25) is 25.4 Å². The van der Waals surface area contributed by atoms with E-state index >= 15 is 0 Å². The van der Waals surface area contributed by atoms with Crippen LogP contribution in [0, 0.1) is 6.92 Å². The number of amides is 2. The van der Waals surface area contributed by atoms with Crippen molar-refractivity contribution in [3.63, 3.8) is 0 Å². The van der Waals surface area contributed by atoms with Crippen molar-refractivity contribution in [3.05, 3.63) is 76.3 Å². The number of benzene rings is 1. The first-order valence-electron chi connectivity index (χ1n) is 8.28. The Morgan fingerprint density at radius 1 is 1.18 bits per heavy atom. The number of nitrogens with zero attached hydrogens (tertiary/aromatic N) is 3. The highest BCUT2D eigenvalue weighted by atomic mass is 32.1. The van der Waals surface area contributed by atoms with Crippen LogP contribution in [0.4, 0.5) is 0 Å². The molecule has 3 aromatic rings. The quantitative estimate of drug-likeness (QED) is 0.490. The summed E-state index contributed by atoms with van der Waals surface area (Å²) >= 11 is 1.58. The summed E-state index contributed by atoms with van der Waals surface area (Å²) in [6.45, 7) is 2.36. The fraction of sp³-hybridized carbons (Fsp3) is 0.105. The normalized spacial score (nSPS) is 10.6. The van der Waals surface area contributed by atoms with Gasteiger partial charge in [0.05, 0.1) is 16.9 Å². The van der Waals surface area contributed by atoms with Gasteiger partial charge in [0.25, 0.3) is 11.8 Å². The first-order valence-corrected chi connectivity index (χ1v) is 9.16. The molecule has 28 heavy (non-hydrogen) atoms. The van der Waals surface area contributed by atoms with Crippen LogP contribution in [0.3, 0.4) is 0 Å². The minimum Gasteiger partial charge on any atom is -0.487 e. The van der Waals surface area contributed by atoms with E-state index in [1.807, 2.05) is 36.6 Å². The van der Waals surface area contributed by atoms with Gasteiger partial charge >= 0.3 is 0 Å². The number of carbonyl (C=O) groups excluding carboxylic acids is 2. The lowest BCUT2D eigenvalue weighted by molar-refractivity contribution is -0.117. The number of hydrazine groups is 1. The van der Waals surface area contributed by atoms with Crippen molar-refractivity contribution in [3.8, 4) is 5.75 Å². The monoisotopic (exact) mass is 395 g/mol. The van der Waals surface area contributed by atoms with Crippen LogP contribution in [0.15, 0.2) is 54.3 Å². The van der Waals surface area contributed by atoms with Crippen LogP contribution < -0.4 is 15.6 Å². The molecule has 0 aliphatic carbocycles. The molecule has 9 heteroatoms. The van der Waals surface area contributed by atoms with Crippen LogP contribution in [-0.2, 0) is 11.4 Å². The van der Waals surface area contributed by atoms with Gasteiger partial charge in [-0.2, -0.15) is 0 Å². The number of hydrogen-bond acceptors (Lipinski definition) is 7. The molecule has 1 aromatic carbocycles. The van der Waals surface area contributed by atoms with Crippen LogP contribution in [0.2, 0.25) is 0 Å². The zero-order valence-corrected chi connectivity index (χ0v) is 15.8. The second-order valence-electron chi connectivity index (χ2n) is 5.58. The Hall–Kier alpha value is -3.59. The molecule has 0 spiro atoms. The first-order chi connectivity index (χ1) is 13.6. The lowest BCUT2D eigenvalue weighted by Gasteiger charge is -2.05. The maximum Gasteiger partial charge on any atom is 0.289 e. The van der Waals surface area contributed by atoms with Gasteiger partial charge in [-0.15, -0.1) is 11.3 Å². The molecule has 0 fully saturated rings. The summed E-state index contributed by atoms with van der Waals surface area (Å²) < 4.78 is 5.68. The molecule has 0 bridgehead atoms. The fourth-order valence-electron chi connectivity index (χ4n) is 2.12. The van der Waals surface area contributed by atoms with Crippen molar-refractivity contribution < 1.29 is 14.3 Å². The average molecular weight is 395 g/mol. The second-order valence-corrected chi connectivity index (χ2v) is 6.65. The number of aryl methyl sites for hydroxylation is 1. The van der Waals surface area contributed by atoms with Crippen molar-refractivity contribution in [2.75, 3.05) is 0 Å². The summed E-state index contributed by atoms with van der Waals surface area (Å²) in [5, 5.41) is 2.97. The standard InChI is InChI=1S/C19H17N5O3S/c1-13-22-15(12-28-13)11-27-16-5-2-14(3-6-16)4-7-18(25)23-24-19(26)17-10-20-8-9-21-17/h2-10,12H,11H2,1H3,(H,23,25)(H,24,26)/b7-4+. The lowest BCUT2D eigenvalue weighted by atomic mass is 10.2. The molecule has 0 saturated heterocycles. The Morgan fingerprint density at radius 2 is 2.00 bits per heavy atom. The molecule has 0 atom stereocenters. The molecule has 3 rings (SSSR count). The molecule has 2 aromatic heterocycles. The SMILES string of the molecule is Cc1nc(COc2ccc(/C=C/C(=O)NNC(=O)c3cnccn3)cc2)cs1. The van der Waals surface area contributed by atoms with E-state index in [0.717, 1.165) is 16.3 Å². The van der Waals surface area contributed by atoms with Crippen LogP contribution in [-0.4, -0.2) is 26.8 Å². The Labute approximate surface area is 165 Å². The molecule has 0 saturated carbocycles. The second kappa shape index (κ2) is 9.38. The first kappa shape index (κ1) is 19.2. The Kier molecular flexibility index (Phi) is 6.42. The largest absolute Gasteiger partial charge is 0.487 e. The Balaban J connectivity index is 1.45. The highest BCUT2D eigenvalue weighted by Gasteiger charge is 2.06. The van der Waals surface area contributed by atoms with E-state index in [1.165, 1.54) is 24.7 Å². The number of carbonyl (C=O) groups is 2. The average Bonchev–Trinajstić information content (AvgIpc) is 3.15. The molecule has 0 aliphatic heterocycles. The minimum absolute atomic E-state index is 0.107. The number of ether oxygens (including phenoxy) is 1. The number of thiazole rings is 1. The molecular formula is C19H17N5O3S. The van der Waals surface area contributed by atoms with E-state index < -0.39 is 11.8 Å². The van der Waals surface area contributed by atoms with Crippen molar-refractivity contribution in [1.82, 2.24) is 25.8 Å². The van der Waals surface area contributed by atoms with E-state index in [1.54, 1.807) is 17.4 Å². The fourth-order valence-corrected chi connectivity index (χ4v) is 2.72. The van der Waals surface area contributed by atoms with Gasteiger partial charge in [0.15, 0.2) is 0 Å². The van der Waals surface area contributed by atoms with Gasteiger partial charge in [0.1, 0.15) is 18.1 Å². The molecule has 2 heterocycles. The van der Waals surface area contributed by atoms with Crippen LogP contribution in [0.25, 0.3) is 6.08 Å². The summed E-state index contributed by atoms with van der Waals surface area (Å²) in [6, 6.07) is 7.27. The van der Waals surface area contributed by atoms with Gasteiger partial charge in [0.2, 0.25) is 0 Å². The molecule has 0 radical (unpaired) electrons. The molecular weight excluding hydrogens is 378 g/mol. The molecule has 142 valence electrons. The molecule has 0 aliphatic rings. The van der Waals surface area contributed by atoms with E-state index in [9.17, 15) is 9.59 Å². The highest BCUT2D eigenvalue weighted by Crippen LogP contribution is 2.16. The van der Waals surface area contributed by atoms with Crippen molar-refractivity contribution in [2.45, 2.75) is 13.5 Å². The van der Waals surface area contributed by atoms with Gasteiger partial charge in [-0.1, -0.05) is 12.1 Å². The summed E-state index contributed by atoms with van der Waals surface area (Å²) in [5.41, 5.74) is 6.35. The summed E-state index contributed by atoms with van der Waals surface area (Å²) in [7, 11) is 0. The third kappa shape index (κ3) is 5.71. The van der Waals surface area contributed by atoms with Gasteiger partial charge in [-0.05, 0) is 30.7 Å². The number of nitrogens with one attached hydrogen (secondary N) is 2. The van der Waals surface area contributed by atoms with Crippen molar-refractivity contribution >= 4 is 29.2 Å². The van der Waals surface area contributed by atoms with Gasteiger partial charge < -0.3 is 4.74 Å². The third-order valence-electron chi connectivity index (χ3n) is 3.46. The predicted octanol–water partition coefficient (Wildman–Crippen LogP) is 2.29. The zero-order valence-electron chi connectivity index (χ0n) is 15.0. The number of aromatic nitrogens is 3. The van der Waals surface area contributed by atoms with E-state index in [4.69, 9.17) is 4.74 Å². The van der Waals surface area contributed by atoms with E-state index in [2.05, 4.69) is 25.8 Å². The van der Waals surface area contributed by atoms with Crippen LogP contribution >= 0.6 is 11.3 Å². The van der Waals surface area contributed by atoms with Crippen LogP contribution in [0.5, 0.6) is 5.75 Å². The molecule has 8 nitrogen and oxygen atoms in total. The molecule has 0 unspecified atom stereocenters. The van der Waals surface area contributed by atoms with Gasteiger partial charge in [-0.25, -0.2) is 9.97 Å². The summed E-state index contributed by atoms with van der Waals surface area (Å²) in [5.74, 6) is -0.313. The third-order valence-corrected chi connectivity index (χ3v) is 4.28. The topological polar surface area (TPSA) is 106 Å². The summed E-state index contributed by atoms with van der Waals surface area (Å²) in [4.78, 5) is 35.5. The number of rotatable bonds is 6. The lowest BCUT2D eigenvalue weighted by Crippen LogP contribution is -2.41.